The molecule has 0 radical (unpaired) electrons. The first-order valence-corrected chi connectivity index (χ1v) is 10.4. The third kappa shape index (κ3) is 4.90. The number of piperidine rings is 1. The normalized spacial score (nSPS) is 21.2. The Labute approximate surface area is 161 Å². The number of rotatable bonds is 6. The highest BCUT2D eigenvalue weighted by Crippen LogP contribution is 2.28. The largest absolute Gasteiger partial charge is 0.491 e. The second-order valence-corrected chi connectivity index (χ2v) is 8.22. The lowest BCUT2D eigenvalue weighted by Gasteiger charge is -2.37. The minimum atomic E-state index is -0.724. The highest BCUT2D eigenvalue weighted by atomic mass is 16.5. The van der Waals surface area contributed by atoms with Crippen molar-refractivity contribution in [1.82, 2.24) is 14.7 Å². The maximum atomic E-state index is 10.8. The quantitative estimate of drug-likeness (QED) is 0.842. The molecule has 27 heavy (non-hydrogen) atoms. The third-order valence-electron chi connectivity index (χ3n) is 6.05. The molecule has 2 aromatic rings. The van der Waals surface area contributed by atoms with Gasteiger partial charge in [-0.2, -0.15) is 5.10 Å². The van der Waals surface area contributed by atoms with Gasteiger partial charge in [-0.15, -0.1) is 0 Å². The number of hydrogen-bond acceptors (Lipinski definition) is 4. The minimum Gasteiger partial charge on any atom is -0.491 e. The van der Waals surface area contributed by atoms with Crippen LogP contribution in [0.3, 0.4) is 0 Å². The van der Waals surface area contributed by atoms with E-state index in [1.807, 2.05) is 36.5 Å². The molecule has 1 saturated carbocycles. The Morgan fingerprint density at radius 3 is 2.56 bits per heavy atom. The first kappa shape index (κ1) is 18.5. The summed E-state index contributed by atoms with van der Waals surface area (Å²) in [7, 11) is 0. The smallest absolute Gasteiger partial charge is 0.119 e. The second kappa shape index (κ2) is 8.44. The highest BCUT2D eigenvalue weighted by molar-refractivity contribution is 5.21. The highest BCUT2D eigenvalue weighted by Gasteiger charge is 2.33. The summed E-state index contributed by atoms with van der Waals surface area (Å²) in [6.07, 6.45) is 12.3. The van der Waals surface area contributed by atoms with E-state index in [-0.39, 0.29) is 0 Å². The number of aliphatic hydroxyl groups is 1. The molecule has 0 amide bonds. The van der Waals surface area contributed by atoms with E-state index in [0.717, 1.165) is 38.2 Å². The van der Waals surface area contributed by atoms with E-state index in [0.29, 0.717) is 12.6 Å². The molecule has 146 valence electrons. The number of likely N-dealkylation sites (tertiary alicyclic amines) is 1. The summed E-state index contributed by atoms with van der Waals surface area (Å²) < 4.78 is 7.97. The van der Waals surface area contributed by atoms with Crippen LogP contribution in [-0.2, 0) is 6.54 Å². The Hall–Kier alpha value is -1.85. The lowest BCUT2D eigenvalue weighted by Crippen LogP contribution is -2.47. The maximum absolute atomic E-state index is 10.8. The van der Waals surface area contributed by atoms with E-state index in [1.54, 1.807) is 0 Å². The van der Waals surface area contributed by atoms with Gasteiger partial charge in [-0.3, -0.25) is 9.58 Å². The minimum absolute atomic E-state index is 0.366. The summed E-state index contributed by atoms with van der Waals surface area (Å²) in [4.78, 5) is 2.42. The average molecular weight is 370 g/mol. The molecule has 4 rings (SSSR count). The molecule has 0 atom stereocenters. The molecule has 5 nitrogen and oxygen atoms in total. The monoisotopic (exact) mass is 369 g/mol. The van der Waals surface area contributed by atoms with E-state index in [4.69, 9.17) is 4.74 Å². The second-order valence-electron chi connectivity index (χ2n) is 8.22. The van der Waals surface area contributed by atoms with Crippen molar-refractivity contribution >= 4 is 0 Å². The molecular weight excluding hydrogens is 338 g/mol. The number of ether oxygens (including phenoxy) is 1. The van der Waals surface area contributed by atoms with E-state index >= 15 is 0 Å². The van der Waals surface area contributed by atoms with Crippen LogP contribution >= 0.6 is 0 Å². The van der Waals surface area contributed by atoms with E-state index in [1.165, 1.54) is 37.7 Å². The molecule has 1 saturated heterocycles. The molecule has 0 unspecified atom stereocenters. The molecule has 2 fully saturated rings. The zero-order valence-corrected chi connectivity index (χ0v) is 16.1. The van der Waals surface area contributed by atoms with Crippen LogP contribution in [0, 0.1) is 0 Å². The SMILES string of the molecule is OC1(COc2ccccc2)CCN(Cc2cnn(C3CCCCC3)c2)CC1. The van der Waals surface area contributed by atoms with Gasteiger partial charge in [0.05, 0.1) is 12.2 Å². The molecular formula is C22H31N3O2. The van der Waals surface area contributed by atoms with Crippen LogP contribution in [0.4, 0.5) is 0 Å². The number of benzene rings is 1. The topological polar surface area (TPSA) is 50.5 Å². The van der Waals surface area contributed by atoms with Gasteiger partial charge in [-0.25, -0.2) is 0 Å². The van der Waals surface area contributed by atoms with Crippen molar-refractivity contribution in [2.75, 3.05) is 19.7 Å². The van der Waals surface area contributed by atoms with Crippen molar-refractivity contribution < 1.29 is 9.84 Å². The molecule has 1 N–H and O–H groups in total. The van der Waals surface area contributed by atoms with E-state index in [2.05, 4.69) is 20.9 Å². The fourth-order valence-corrected chi connectivity index (χ4v) is 4.27. The summed E-state index contributed by atoms with van der Waals surface area (Å²) in [5.41, 5.74) is 0.560. The predicted octanol–water partition coefficient (Wildman–Crippen LogP) is 3.79. The van der Waals surface area contributed by atoms with Crippen molar-refractivity contribution in [3.63, 3.8) is 0 Å². The lowest BCUT2D eigenvalue weighted by atomic mass is 9.92. The molecule has 0 bridgehead atoms. The summed E-state index contributed by atoms with van der Waals surface area (Å²) in [6.45, 7) is 3.07. The molecule has 0 spiro atoms. The number of hydrogen-bond donors (Lipinski definition) is 1. The van der Waals surface area contributed by atoms with Gasteiger partial charge in [-0.1, -0.05) is 37.5 Å². The van der Waals surface area contributed by atoms with Crippen LogP contribution in [0.25, 0.3) is 0 Å². The molecule has 1 aromatic carbocycles. The number of aromatic nitrogens is 2. The van der Waals surface area contributed by atoms with Crippen LogP contribution in [0.2, 0.25) is 0 Å². The Kier molecular flexibility index (Phi) is 5.79. The standard InChI is InChI=1S/C22H31N3O2/c26-22(18-27-21-9-5-2-6-10-21)11-13-24(14-12-22)16-19-15-23-25(17-19)20-7-3-1-4-8-20/h2,5-6,9-10,15,17,20,26H,1,3-4,7-8,11-14,16,18H2. The van der Waals surface area contributed by atoms with Crippen molar-refractivity contribution in [3.05, 3.63) is 48.3 Å². The Balaban J connectivity index is 1.25. The fourth-order valence-electron chi connectivity index (χ4n) is 4.27. The van der Waals surface area contributed by atoms with Crippen molar-refractivity contribution in [2.45, 2.75) is 63.1 Å². The number of nitrogens with zero attached hydrogens (tertiary/aromatic N) is 3. The molecule has 5 heteroatoms. The predicted molar refractivity (Wildman–Crippen MR) is 106 cm³/mol. The third-order valence-corrected chi connectivity index (χ3v) is 6.05. The van der Waals surface area contributed by atoms with Crippen LogP contribution in [0.1, 0.15) is 56.6 Å². The van der Waals surface area contributed by atoms with Gasteiger partial charge in [0, 0.05) is 31.4 Å². The fraction of sp³-hybridized carbons (Fsp3) is 0.591. The summed E-state index contributed by atoms with van der Waals surface area (Å²) in [5, 5.41) is 15.4. The van der Waals surface area contributed by atoms with Crippen molar-refractivity contribution in [2.24, 2.45) is 0 Å². The van der Waals surface area contributed by atoms with Gasteiger partial charge >= 0.3 is 0 Å². The number of para-hydroxylation sites is 1. The van der Waals surface area contributed by atoms with Crippen LogP contribution in [0.15, 0.2) is 42.7 Å². The summed E-state index contributed by atoms with van der Waals surface area (Å²) >= 11 is 0. The van der Waals surface area contributed by atoms with Gasteiger partial charge in [-0.05, 0) is 37.8 Å². The lowest BCUT2D eigenvalue weighted by molar-refractivity contribution is -0.0537. The van der Waals surface area contributed by atoms with Gasteiger partial charge in [0.25, 0.3) is 0 Å². The Morgan fingerprint density at radius 1 is 1.07 bits per heavy atom. The first-order chi connectivity index (χ1) is 13.2. The van der Waals surface area contributed by atoms with E-state index in [9.17, 15) is 5.11 Å². The van der Waals surface area contributed by atoms with Gasteiger partial charge in [0.1, 0.15) is 18.0 Å². The van der Waals surface area contributed by atoms with E-state index < -0.39 is 5.60 Å². The average Bonchev–Trinajstić information content (AvgIpc) is 3.19. The van der Waals surface area contributed by atoms with Crippen molar-refractivity contribution in [3.8, 4) is 5.75 Å². The van der Waals surface area contributed by atoms with Crippen LogP contribution in [0.5, 0.6) is 5.75 Å². The Bertz CT molecular complexity index is 701. The Morgan fingerprint density at radius 2 is 1.81 bits per heavy atom. The molecule has 1 aromatic heterocycles. The van der Waals surface area contributed by atoms with Crippen LogP contribution < -0.4 is 4.74 Å². The van der Waals surface area contributed by atoms with Crippen molar-refractivity contribution in [1.29, 1.82) is 0 Å². The molecule has 1 aliphatic heterocycles. The zero-order chi connectivity index (χ0) is 18.5. The maximum Gasteiger partial charge on any atom is 0.119 e. The van der Waals surface area contributed by atoms with Gasteiger partial charge in [0.15, 0.2) is 0 Å². The summed E-state index contributed by atoms with van der Waals surface area (Å²) in [6, 6.07) is 10.3. The first-order valence-electron chi connectivity index (χ1n) is 10.4. The van der Waals surface area contributed by atoms with Crippen LogP contribution in [-0.4, -0.2) is 45.1 Å². The van der Waals surface area contributed by atoms with Gasteiger partial charge in [0.2, 0.25) is 0 Å². The zero-order valence-electron chi connectivity index (χ0n) is 16.1. The molecule has 2 heterocycles. The molecule has 1 aliphatic carbocycles. The molecule has 2 aliphatic rings. The van der Waals surface area contributed by atoms with Gasteiger partial charge < -0.3 is 9.84 Å². The summed E-state index contributed by atoms with van der Waals surface area (Å²) in [5.74, 6) is 0.823.